The van der Waals surface area contributed by atoms with E-state index in [1.807, 2.05) is 0 Å². The Balaban J connectivity index is 2.25. The third kappa shape index (κ3) is 3.81. The van der Waals surface area contributed by atoms with E-state index < -0.39 is 0 Å². The molecule has 0 aromatic heterocycles. The van der Waals surface area contributed by atoms with Crippen molar-refractivity contribution in [3.05, 3.63) is 0 Å². The van der Waals surface area contributed by atoms with Crippen molar-refractivity contribution < 1.29 is 14.3 Å². The number of nitrogens with two attached hydrogens (primary N) is 1. The van der Waals surface area contributed by atoms with Gasteiger partial charge in [0, 0.05) is 25.5 Å². The molecule has 1 saturated carbocycles. The third-order valence-corrected chi connectivity index (χ3v) is 3.11. The van der Waals surface area contributed by atoms with Crippen molar-refractivity contribution in [1.29, 1.82) is 0 Å². The predicted octanol–water partition coefficient (Wildman–Crippen LogP) is 0.0407. The van der Waals surface area contributed by atoms with Gasteiger partial charge < -0.3 is 15.8 Å². The maximum Gasteiger partial charge on any atom is 0.223 e. The van der Waals surface area contributed by atoms with Crippen molar-refractivity contribution in [2.45, 2.75) is 25.7 Å². The molecule has 1 rings (SSSR count). The monoisotopic (exact) mass is 228 g/mol. The molecule has 0 saturated heterocycles. The summed E-state index contributed by atoms with van der Waals surface area (Å²) >= 11 is 0. The number of rotatable bonds is 5. The minimum atomic E-state index is -0.238. The molecule has 0 bridgehead atoms. The third-order valence-electron chi connectivity index (χ3n) is 3.11. The van der Waals surface area contributed by atoms with Crippen LogP contribution in [0.25, 0.3) is 0 Å². The molecule has 5 nitrogen and oxygen atoms in total. The van der Waals surface area contributed by atoms with Gasteiger partial charge in [-0.3, -0.25) is 9.59 Å². The van der Waals surface area contributed by atoms with Crippen molar-refractivity contribution in [2.24, 2.45) is 17.6 Å². The van der Waals surface area contributed by atoms with Crippen LogP contribution >= 0.6 is 0 Å². The zero-order valence-electron chi connectivity index (χ0n) is 9.70. The molecule has 0 aromatic carbocycles. The zero-order chi connectivity index (χ0) is 12.0. The normalized spacial score (nSPS) is 25.1. The average molecular weight is 228 g/mol. The maximum absolute atomic E-state index is 11.7. The summed E-state index contributed by atoms with van der Waals surface area (Å²) in [4.78, 5) is 22.6. The second-order valence-corrected chi connectivity index (χ2v) is 4.23. The smallest absolute Gasteiger partial charge is 0.223 e. The lowest BCUT2D eigenvalue weighted by molar-refractivity contribution is -0.129. The molecule has 2 amide bonds. The Kier molecular flexibility index (Phi) is 5.25. The van der Waals surface area contributed by atoms with E-state index in [0.29, 0.717) is 13.2 Å². The molecule has 0 aliphatic heterocycles. The molecule has 0 aromatic rings. The lowest BCUT2D eigenvalue weighted by atomic mass is 9.81. The van der Waals surface area contributed by atoms with E-state index in [9.17, 15) is 9.59 Å². The fourth-order valence-corrected chi connectivity index (χ4v) is 2.06. The van der Waals surface area contributed by atoms with Crippen molar-refractivity contribution in [3.63, 3.8) is 0 Å². The zero-order valence-corrected chi connectivity index (χ0v) is 9.70. The average Bonchev–Trinajstić information content (AvgIpc) is 2.29. The van der Waals surface area contributed by atoms with Crippen LogP contribution in [0.2, 0.25) is 0 Å². The summed E-state index contributed by atoms with van der Waals surface area (Å²) in [6, 6.07) is 0. The van der Waals surface area contributed by atoms with Crippen molar-refractivity contribution >= 4 is 11.8 Å². The van der Waals surface area contributed by atoms with Gasteiger partial charge in [-0.25, -0.2) is 0 Å². The molecule has 92 valence electrons. The highest BCUT2D eigenvalue weighted by Gasteiger charge is 2.28. The lowest BCUT2D eigenvalue weighted by Crippen LogP contribution is -2.36. The number of methoxy groups -OCH3 is 1. The van der Waals surface area contributed by atoms with Gasteiger partial charge in [-0.1, -0.05) is 0 Å². The van der Waals surface area contributed by atoms with Gasteiger partial charge in [0.25, 0.3) is 0 Å². The van der Waals surface area contributed by atoms with Crippen LogP contribution < -0.4 is 11.1 Å². The van der Waals surface area contributed by atoms with Crippen molar-refractivity contribution in [3.8, 4) is 0 Å². The molecule has 0 atom stereocenters. The molecule has 1 fully saturated rings. The molecule has 0 spiro atoms. The van der Waals surface area contributed by atoms with Gasteiger partial charge in [0.1, 0.15) is 0 Å². The van der Waals surface area contributed by atoms with Gasteiger partial charge in [-0.15, -0.1) is 0 Å². The minimum absolute atomic E-state index is 0.0347. The van der Waals surface area contributed by atoms with Crippen LogP contribution in [-0.4, -0.2) is 32.1 Å². The van der Waals surface area contributed by atoms with E-state index in [0.717, 1.165) is 25.7 Å². The summed E-state index contributed by atoms with van der Waals surface area (Å²) < 4.78 is 4.85. The van der Waals surface area contributed by atoms with Crippen molar-refractivity contribution in [2.75, 3.05) is 20.3 Å². The number of carbonyl (C=O) groups excluding carboxylic acids is 2. The summed E-state index contributed by atoms with van der Waals surface area (Å²) in [7, 11) is 1.60. The van der Waals surface area contributed by atoms with E-state index in [1.54, 1.807) is 7.11 Å². The fourth-order valence-electron chi connectivity index (χ4n) is 2.06. The Bertz CT molecular complexity index is 248. The topological polar surface area (TPSA) is 81.4 Å². The molecule has 5 heteroatoms. The van der Waals surface area contributed by atoms with E-state index in [-0.39, 0.29) is 23.7 Å². The van der Waals surface area contributed by atoms with Crippen LogP contribution in [-0.2, 0) is 14.3 Å². The second-order valence-electron chi connectivity index (χ2n) is 4.23. The molecule has 0 unspecified atom stereocenters. The summed E-state index contributed by atoms with van der Waals surface area (Å²) in [5.74, 6) is -0.173. The highest BCUT2D eigenvalue weighted by molar-refractivity contribution is 5.80. The summed E-state index contributed by atoms with van der Waals surface area (Å²) in [6.45, 7) is 1.08. The minimum Gasteiger partial charge on any atom is -0.383 e. The Morgan fingerprint density at radius 1 is 1.25 bits per heavy atom. The molecule has 0 radical (unpaired) electrons. The molecule has 0 heterocycles. The number of carbonyl (C=O) groups is 2. The molecule has 1 aliphatic rings. The van der Waals surface area contributed by atoms with Crippen LogP contribution in [0.15, 0.2) is 0 Å². The number of amides is 2. The van der Waals surface area contributed by atoms with Gasteiger partial charge in [0.15, 0.2) is 0 Å². The Morgan fingerprint density at radius 3 is 2.31 bits per heavy atom. The van der Waals surface area contributed by atoms with Crippen LogP contribution in [0.1, 0.15) is 25.7 Å². The van der Waals surface area contributed by atoms with Crippen LogP contribution in [0.4, 0.5) is 0 Å². The summed E-state index contributed by atoms with van der Waals surface area (Å²) in [5.41, 5.74) is 5.23. The standard InChI is InChI=1S/C11H20N2O3/c1-16-7-6-13-11(15)9-4-2-8(3-5-9)10(12)14/h8-9H,2-7H2,1H3,(H2,12,14)(H,13,15). The van der Waals surface area contributed by atoms with Gasteiger partial charge in [0.05, 0.1) is 6.61 Å². The van der Waals surface area contributed by atoms with Gasteiger partial charge in [-0.05, 0) is 25.7 Å². The fraction of sp³-hybridized carbons (Fsp3) is 0.818. The van der Waals surface area contributed by atoms with Crippen LogP contribution in [0, 0.1) is 11.8 Å². The first-order valence-corrected chi connectivity index (χ1v) is 5.71. The SMILES string of the molecule is COCCNC(=O)C1CCC(C(N)=O)CC1. The first kappa shape index (κ1) is 13.0. The first-order valence-electron chi connectivity index (χ1n) is 5.71. The lowest BCUT2D eigenvalue weighted by Gasteiger charge is -2.25. The Labute approximate surface area is 95.7 Å². The molecule has 16 heavy (non-hydrogen) atoms. The number of ether oxygens (including phenoxy) is 1. The number of nitrogens with one attached hydrogen (secondary N) is 1. The quantitative estimate of drug-likeness (QED) is 0.652. The molecular weight excluding hydrogens is 208 g/mol. The van der Waals surface area contributed by atoms with E-state index in [1.165, 1.54) is 0 Å². The summed E-state index contributed by atoms with van der Waals surface area (Å²) in [5, 5.41) is 2.82. The number of hydrogen-bond acceptors (Lipinski definition) is 3. The molecule has 1 aliphatic carbocycles. The van der Waals surface area contributed by atoms with Gasteiger partial charge in [0.2, 0.25) is 11.8 Å². The molecule has 3 N–H and O–H groups in total. The molecular formula is C11H20N2O3. The van der Waals surface area contributed by atoms with E-state index in [2.05, 4.69) is 5.32 Å². The largest absolute Gasteiger partial charge is 0.383 e. The highest BCUT2D eigenvalue weighted by atomic mass is 16.5. The predicted molar refractivity (Wildman–Crippen MR) is 59.5 cm³/mol. The van der Waals surface area contributed by atoms with Gasteiger partial charge in [-0.2, -0.15) is 0 Å². The Morgan fingerprint density at radius 2 is 1.81 bits per heavy atom. The van der Waals surface area contributed by atoms with Crippen LogP contribution in [0.3, 0.4) is 0 Å². The maximum atomic E-state index is 11.7. The summed E-state index contributed by atoms with van der Waals surface area (Å²) in [6.07, 6.45) is 2.98. The van der Waals surface area contributed by atoms with E-state index in [4.69, 9.17) is 10.5 Å². The van der Waals surface area contributed by atoms with Crippen molar-refractivity contribution in [1.82, 2.24) is 5.32 Å². The van der Waals surface area contributed by atoms with Gasteiger partial charge >= 0.3 is 0 Å². The second kappa shape index (κ2) is 6.48. The highest BCUT2D eigenvalue weighted by Crippen LogP contribution is 2.28. The number of primary amides is 1. The Hall–Kier alpha value is -1.10. The van der Waals surface area contributed by atoms with Crippen LogP contribution in [0.5, 0.6) is 0 Å². The number of hydrogen-bond donors (Lipinski definition) is 2. The first-order chi connectivity index (χ1) is 7.65. The van der Waals surface area contributed by atoms with E-state index >= 15 is 0 Å².